The molecule has 0 radical (unpaired) electrons. The molecule has 0 saturated heterocycles. The fraction of sp³-hybridized carbons (Fsp3) is 0.692. The van der Waals surface area contributed by atoms with Gasteiger partial charge in [-0.3, -0.25) is 9.67 Å². The first-order valence-electron chi connectivity index (χ1n) is 7.22. The van der Waals surface area contributed by atoms with Gasteiger partial charge in [-0.05, 0) is 26.3 Å². The van der Waals surface area contributed by atoms with Crippen molar-refractivity contribution in [3.63, 3.8) is 0 Å². The lowest BCUT2D eigenvalue weighted by Gasteiger charge is -2.12. The molecule has 22 heavy (non-hydrogen) atoms. The van der Waals surface area contributed by atoms with Crippen LogP contribution in [0.2, 0.25) is 0 Å². The summed E-state index contributed by atoms with van der Waals surface area (Å²) in [6, 6.07) is 2.06. The molecule has 126 valence electrons. The van der Waals surface area contributed by atoms with Crippen molar-refractivity contribution in [3.8, 4) is 0 Å². The minimum Gasteiger partial charge on any atom is -0.356 e. The van der Waals surface area contributed by atoms with E-state index >= 15 is 0 Å². The summed E-state index contributed by atoms with van der Waals surface area (Å²) in [5.41, 5.74) is 2.19. The van der Waals surface area contributed by atoms with E-state index in [2.05, 4.69) is 31.5 Å². The number of aromatic nitrogens is 2. The van der Waals surface area contributed by atoms with Gasteiger partial charge in [-0.15, -0.1) is 0 Å². The minimum absolute atomic E-state index is 0.325. The van der Waals surface area contributed by atoms with E-state index in [1.807, 2.05) is 18.5 Å². The summed E-state index contributed by atoms with van der Waals surface area (Å²) in [5, 5.41) is 10.6. The van der Waals surface area contributed by atoms with E-state index < -0.39 is 10.0 Å². The second-order valence-corrected chi connectivity index (χ2v) is 6.93. The van der Waals surface area contributed by atoms with E-state index in [-0.39, 0.29) is 0 Å². The van der Waals surface area contributed by atoms with Crippen molar-refractivity contribution in [2.24, 2.45) is 4.99 Å². The van der Waals surface area contributed by atoms with Crippen LogP contribution in [0.1, 0.15) is 17.8 Å². The maximum absolute atomic E-state index is 10.9. The summed E-state index contributed by atoms with van der Waals surface area (Å²) in [6.07, 6.45) is 2.06. The largest absolute Gasteiger partial charge is 0.356 e. The average Bonchev–Trinajstić information content (AvgIpc) is 2.74. The third kappa shape index (κ3) is 7.41. The lowest BCUT2D eigenvalue weighted by Crippen LogP contribution is -2.41. The average molecular weight is 330 g/mol. The Bertz CT molecular complexity index is 594. The Kier molecular flexibility index (Phi) is 7.33. The molecule has 3 N–H and O–H groups in total. The first kappa shape index (κ1) is 18.4. The molecule has 0 atom stereocenters. The number of rotatable bonds is 8. The Balaban J connectivity index is 2.20. The van der Waals surface area contributed by atoms with E-state index in [1.54, 1.807) is 7.05 Å². The van der Waals surface area contributed by atoms with Crippen molar-refractivity contribution in [1.82, 2.24) is 25.1 Å². The van der Waals surface area contributed by atoms with Gasteiger partial charge in [0.1, 0.15) is 0 Å². The Hall–Kier alpha value is -1.61. The van der Waals surface area contributed by atoms with E-state index in [0.29, 0.717) is 19.0 Å². The van der Waals surface area contributed by atoms with Crippen LogP contribution >= 0.6 is 0 Å². The molecule has 0 aromatic carbocycles. The van der Waals surface area contributed by atoms with Gasteiger partial charge in [0.15, 0.2) is 5.96 Å². The Morgan fingerprint density at radius 2 is 1.95 bits per heavy atom. The van der Waals surface area contributed by atoms with Crippen LogP contribution in [0.5, 0.6) is 0 Å². The van der Waals surface area contributed by atoms with Gasteiger partial charge < -0.3 is 10.6 Å². The predicted octanol–water partition coefficient (Wildman–Crippen LogP) is -0.396. The van der Waals surface area contributed by atoms with E-state index in [9.17, 15) is 8.42 Å². The van der Waals surface area contributed by atoms with Gasteiger partial charge in [-0.1, -0.05) is 0 Å². The molecule has 8 nitrogen and oxygen atoms in total. The molecule has 0 aliphatic carbocycles. The van der Waals surface area contributed by atoms with Gasteiger partial charge in [-0.2, -0.15) is 5.10 Å². The number of nitrogens with zero attached hydrogens (tertiary/aromatic N) is 3. The summed E-state index contributed by atoms with van der Waals surface area (Å²) in [5.74, 6) is 0.656. The molecule has 1 rings (SSSR count). The van der Waals surface area contributed by atoms with Crippen molar-refractivity contribution in [2.75, 3.05) is 32.9 Å². The molecule has 1 heterocycles. The first-order valence-corrected chi connectivity index (χ1v) is 9.11. The number of sulfonamides is 1. The highest BCUT2D eigenvalue weighted by molar-refractivity contribution is 7.88. The number of hydrogen-bond acceptors (Lipinski definition) is 4. The van der Waals surface area contributed by atoms with E-state index in [4.69, 9.17) is 0 Å². The molecule has 0 bridgehead atoms. The fourth-order valence-electron chi connectivity index (χ4n) is 1.97. The van der Waals surface area contributed by atoms with Gasteiger partial charge in [0, 0.05) is 38.9 Å². The van der Waals surface area contributed by atoms with Crippen LogP contribution in [0.15, 0.2) is 11.1 Å². The minimum atomic E-state index is -3.14. The molecule has 0 aliphatic heterocycles. The SMILES string of the molecule is CN=C(NCCCn1nc(C)cc1C)NCCNS(C)(=O)=O. The monoisotopic (exact) mass is 330 g/mol. The fourth-order valence-corrected chi connectivity index (χ4v) is 2.45. The number of hydrogen-bond donors (Lipinski definition) is 3. The van der Waals surface area contributed by atoms with Crippen molar-refractivity contribution >= 4 is 16.0 Å². The quantitative estimate of drug-likeness (QED) is 0.342. The second kappa shape index (κ2) is 8.74. The lowest BCUT2D eigenvalue weighted by molar-refractivity contribution is 0.555. The lowest BCUT2D eigenvalue weighted by atomic mass is 10.4. The smallest absolute Gasteiger partial charge is 0.208 e. The third-order valence-electron chi connectivity index (χ3n) is 2.95. The van der Waals surface area contributed by atoms with Gasteiger partial charge in [-0.25, -0.2) is 13.1 Å². The zero-order chi connectivity index (χ0) is 16.6. The van der Waals surface area contributed by atoms with Gasteiger partial charge >= 0.3 is 0 Å². The summed E-state index contributed by atoms with van der Waals surface area (Å²) in [6.45, 7) is 6.44. The normalized spacial score (nSPS) is 12.5. The molecule has 0 fully saturated rings. The van der Waals surface area contributed by atoms with Crippen LogP contribution in [0.4, 0.5) is 0 Å². The van der Waals surface area contributed by atoms with Crippen LogP contribution in [0, 0.1) is 13.8 Å². The molecule has 1 aromatic heterocycles. The zero-order valence-corrected chi connectivity index (χ0v) is 14.5. The maximum atomic E-state index is 10.9. The van der Waals surface area contributed by atoms with E-state index in [0.717, 1.165) is 37.2 Å². The number of aliphatic imine (C=N–C) groups is 1. The van der Waals surface area contributed by atoms with Crippen molar-refractivity contribution < 1.29 is 8.42 Å². The van der Waals surface area contributed by atoms with Gasteiger partial charge in [0.25, 0.3) is 0 Å². The number of guanidine groups is 1. The highest BCUT2D eigenvalue weighted by Crippen LogP contribution is 2.02. The van der Waals surface area contributed by atoms with Crippen LogP contribution in [0.3, 0.4) is 0 Å². The molecular formula is C13H26N6O2S. The Labute approximate surface area is 132 Å². The van der Waals surface area contributed by atoms with Crippen LogP contribution < -0.4 is 15.4 Å². The standard InChI is InChI=1S/C13H26N6O2S/c1-11-10-12(2)19(18-11)9-5-6-15-13(14-3)16-7-8-17-22(4,20)21/h10,17H,5-9H2,1-4H3,(H2,14,15,16). The summed E-state index contributed by atoms with van der Waals surface area (Å²) < 4.78 is 26.3. The Morgan fingerprint density at radius 3 is 2.50 bits per heavy atom. The summed E-state index contributed by atoms with van der Waals surface area (Å²) in [7, 11) is -1.46. The molecule has 0 aliphatic rings. The van der Waals surface area contributed by atoms with Gasteiger partial charge in [0.05, 0.1) is 11.9 Å². The molecule has 0 spiro atoms. The van der Waals surface area contributed by atoms with E-state index in [1.165, 1.54) is 0 Å². The van der Waals surface area contributed by atoms with Crippen molar-refractivity contribution in [1.29, 1.82) is 0 Å². The van der Waals surface area contributed by atoms with Crippen molar-refractivity contribution in [2.45, 2.75) is 26.8 Å². The number of nitrogens with one attached hydrogen (secondary N) is 3. The third-order valence-corrected chi connectivity index (χ3v) is 3.68. The predicted molar refractivity (Wildman–Crippen MR) is 88.5 cm³/mol. The highest BCUT2D eigenvalue weighted by Gasteiger charge is 2.02. The van der Waals surface area contributed by atoms with Crippen LogP contribution in [0.25, 0.3) is 0 Å². The first-order chi connectivity index (χ1) is 10.3. The van der Waals surface area contributed by atoms with Gasteiger partial charge in [0.2, 0.25) is 10.0 Å². The second-order valence-electron chi connectivity index (χ2n) is 5.10. The molecule has 0 unspecified atom stereocenters. The van der Waals surface area contributed by atoms with Crippen molar-refractivity contribution in [3.05, 3.63) is 17.5 Å². The van der Waals surface area contributed by atoms with Crippen LogP contribution in [-0.4, -0.2) is 57.1 Å². The topological polar surface area (TPSA) is 100 Å². The molecule has 0 amide bonds. The highest BCUT2D eigenvalue weighted by atomic mass is 32.2. The number of aryl methyl sites for hydroxylation is 3. The molecule has 1 aromatic rings. The maximum Gasteiger partial charge on any atom is 0.208 e. The molecule has 0 saturated carbocycles. The Morgan fingerprint density at radius 1 is 1.27 bits per heavy atom. The zero-order valence-electron chi connectivity index (χ0n) is 13.7. The molecule has 9 heteroatoms. The summed E-state index contributed by atoms with van der Waals surface area (Å²) in [4.78, 5) is 4.08. The molecular weight excluding hydrogens is 304 g/mol. The summed E-state index contributed by atoms with van der Waals surface area (Å²) >= 11 is 0. The van der Waals surface area contributed by atoms with Crippen LogP contribution in [-0.2, 0) is 16.6 Å².